The van der Waals surface area contributed by atoms with Crippen molar-refractivity contribution in [2.24, 2.45) is 11.8 Å². The SMILES string of the molecule is CCCNC(c1cccc(Br)c1F)C1CCCC1C. The van der Waals surface area contributed by atoms with Gasteiger partial charge < -0.3 is 5.32 Å². The number of rotatable bonds is 5. The molecule has 0 radical (unpaired) electrons. The maximum absolute atomic E-state index is 14.4. The van der Waals surface area contributed by atoms with Crippen molar-refractivity contribution in [2.75, 3.05) is 6.54 Å². The number of benzene rings is 1. The van der Waals surface area contributed by atoms with Gasteiger partial charge in [-0.15, -0.1) is 0 Å². The summed E-state index contributed by atoms with van der Waals surface area (Å²) >= 11 is 3.30. The Morgan fingerprint density at radius 1 is 1.42 bits per heavy atom. The van der Waals surface area contributed by atoms with Gasteiger partial charge >= 0.3 is 0 Å². The standard InChI is InChI=1S/C16H23BrFN/c1-3-10-19-16(12-7-4-6-11(12)2)13-8-5-9-14(17)15(13)18/h5,8-9,11-12,16,19H,3-4,6-7,10H2,1-2H3. The van der Waals surface area contributed by atoms with Gasteiger partial charge in [0.2, 0.25) is 0 Å². The van der Waals surface area contributed by atoms with E-state index in [2.05, 4.69) is 35.1 Å². The van der Waals surface area contributed by atoms with Crippen LogP contribution in [-0.4, -0.2) is 6.54 Å². The van der Waals surface area contributed by atoms with Crippen LogP contribution in [0.3, 0.4) is 0 Å². The van der Waals surface area contributed by atoms with Crippen LogP contribution < -0.4 is 5.32 Å². The highest BCUT2D eigenvalue weighted by atomic mass is 79.9. The molecule has 1 nitrogen and oxygen atoms in total. The molecule has 106 valence electrons. The lowest BCUT2D eigenvalue weighted by Gasteiger charge is -2.29. The van der Waals surface area contributed by atoms with Crippen molar-refractivity contribution in [3.05, 3.63) is 34.1 Å². The first-order chi connectivity index (χ1) is 9.15. The predicted octanol–water partition coefficient (Wildman–Crippen LogP) is 5.07. The van der Waals surface area contributed by atoms with Crippen molar-refractivity contribution in [3.8, 4) is 0 Å². The Balaban J connectivity index is 2.28. The summed E-state index contributed by atoms with van der Waals surface area (Å²) in [6.07, 6.45) is 4.82. The summed E-state index contributed by atoms with van der Waals surface area (Å²) in [5.41, 5.74) is 0.821. The van der Waals surface area contributed by atoms with Crippen LogP contribution in [0.15, 0.2) is 22.7 Å². The van der Waals surface area contributed by atoms with Crippen molar-refractivity contribution in [2.45, 2.75) is 45.6 Å². The number of halogens is 2. The van der Waals surface area contributed by atoms with Crippen LogP contribution in [0, 0.1) is 17.7 Å². The van der Waals surface area contributed by atoms with E-state index in [4.69, 9.17) is 0 Å². The molecule has 3 atom stereocenters. The molecule has 2 rings (SSSR count). The Morgan fingerprint density at radius 3 is 2.84 bits per heavy atom. The molecule has 0 saturated heterocycles. The van der Waals surface area contributed by atoms with Crippen LogP contribution in [0.1, 0.15) is 51.1 Å². The fourth-order valence-electron chi connectivity index (χ4n) is 3.22. The molecule has 0 aliphatic heterocycles. The molecule has 1 aromatic carbocycles. The first-order valence-corrected chi connectivity index (χ1v) is 8.11. The first kappa shape index (κ1) is 15.0. The second kappa shape index (κ2) is 6.85. The third-order valence-corrected chi connectivity index (χ3v) is 4.90. The second-order valence-electron chi connectivity index (χ2n) is 5.65. The van der Waals surface area contributed by atoms with Gasteiger partial charge in [-0.3, -0.25) is 0 Å². The zero-order chi connectivity index (χ0) is 13.8. The summed E-state index contributed by atoms with van der Waals surface area (Å²) in [6, 6.07) is 5.78. The molecule has 0 spiro atoms. The maximum Gasteiger partial charge on any atom is 0.142 e. The average Bonchev–Trinajstić information content (AvgIpc) is 2.81. The molecule has 1 saturated carbocycles. The molecule has 3 heteroatoms. The summed E-state index contributed by atoms with van der Waals surface area (Å²) in [5, 5.41) is 3.57. The molecule has 0 amide bonds. The molecule has 1 fully saturated rings. The lowest BCUT2D eigenvalue weighted by molar-refractivity contribution is 0.295. The lowest BCUT2D eigenvalue weighted by Crippen LogP contribution is -2.31. The molecule has 1 aromatic rings. The Hall–Kier alpha value is -0.410. The van der Waals surface area contributed by atoms with E-state index < -0.39 is 0 Å². The molecule has 1 aliphatic carbocycles. The predicted molar refractivity (Wildman–Crippen MR) is 81.6 cm³/mol. The molecule has 19 heavy (non-hydrogen) atoms. The normalized spacial score (nSPS) is 24.6. The minimum atomic E-state index is -0.102. The lowest BCUT2D eigenvalue weighted by atomic mass is 9.85. The van der Waals surface area contributed by atoms with Crippen molar-refractivity contribution in [1.82, 2.24) is 5.32 Å². The van der Waals surface area contributed by atoms with Crippen LogP contribution in [-0.2, 0) is 0 Å². The smallest absolute Gasteiger partial charge is 0.142 e. The van der Waals surface area contributed by atoms with E-state index in [1.54, 1.807) is 6.07 Å². The minimum absolute atomic E-state index is 0.102. The van der Waals surface area contributed by atoms with Gasteiger partial charge in [0.05, 0.1) is 4.47 Å². The average molecular weight is 328 g/mol. The highest BCUT2D eigenvalue weighted by molar-refractivity contribution is 9.10. The summed E-state index contributed by atoms with van der Waals surface area (Å²) < 4.78 is 14.9. The number of hydrogen-bond acceptors (Lipinski definition) is 1. The van der Waals surface area contributed by atoms with Crippen LogP contribution in [0.25, 0.3) is 0 Å². The van der Waals surface area contributed by atoms with E-state index in [0.29, 0.717) is 16.3 Å². The highest BCUT2D eigenvalue weighted by Gasteiger charge is 2.33. The molecule has 1 N–H and O–H groups in total. The van der Waals surface area contributed by atoms with Gasteiger partial charge in [0.25, 0.3) is 0 Å². The van der Waals surface area contributed by atoms with Gasteiger partial charge in [-0.1, -0.05) is 38.8 Å². The van der Waals surface area contributed by atoms with Gasteiger partial charge in [0.15, 0.2) is 0 Å². The zero-order valence-electron chi connectivity index (χ0n) is 11.8. The van der Waals surface area contributed by atoms with Gasteiger partial charge in [-0.05, 0) is 53.2 Å². The van der Waals surface area contributed by atoms with Gasteiger partial charge in [-0.2, -0.15) is 0 Å². The Labute approximate surface area is 124 Å². The van der Waals surface area contributed by atoms with Crippen LogP contribution in [0.4, 0.5) is 4.39 Å². The van der Waals surface area contributed by atoms with E-state index in [-0.39, 0.29) is 11.9 Å². The summed E-state index contributed by atoms with van der Waals surface area (Å²) in [7, 11) is 0. The van der Waals surface area contributed by atoms with E-state index in [1.807, 2.05) is 12.1 Å². The maximum atomic E-state index is 14.4. The van der Waals surface area contributed by atoms with Gasteiger partial charge in [0.1, 0.15) is 5.82 Å². The topological polar surface area (TPSA) is 12.0 Å². The molecular formula is C16H23BrFN. The molecule has 0 bridgehead atoms. The second-order valence-corrected chi connectivity index (χ2v) is 6.50. The largest absolute Gasteiger partial charge is 0.310 e. The molecule has 3 unspecified atom stereocenters. The molecule has 0 aromatic heterocycles. The summed E-state index contributed by atoms with van der Waals surface area (Å²) in [5.74, 6) is 1.12. The van der Waals surface area contributed by atoms with Crippen molar-refractivity contribution in [1.29, 1.82) is 0 Å². The van der Waals surface area contributed by atoms with E-state index in [1.165, 1.54) is 19.3 Å². The van der Waals surface area contributed by atoms with Crippen LogP contribution in [0.5, 0.6) is 0 Å². The Kier molecular flexibility index (Phi) is 5.40. The first-order valence-electron chi connectivity index (χ1n) is 7.32. The third-order valence-electron chi connectivity index (χ3n) is 4.29. The van der Waals surface area contributed by atoms with Crippen LogP contribution >= 0.6 is 15.9 Å². The highest BCUT2D eigenvalue weighted by Crippen LogP contribution is 2.41. The van der Waals surface area contributed by atoms with E-state index in [9.17, 15) is 4.39 Å². The van der Waals surface area contributed by atoms with Crippen molar-refractivity contribution < 1.29 is 4.39 Å². The van der Waals surface area contributed by atoms with Gasteiger partial charge in [-0.25, -0.2) is 4.39 Å². The van der Waals surface area contributed by atoms with Crippen molar-refractivity contribution in [3.63, 3.8) is 0 Å². The van der Waals surface area contributed by atoms with Crippen molar-refractivity contribution >= 4 is 15.9 Å². The quantitative estimate of drug-likeness (QED) is 0.796. The molecule has 0 heterocycles. The summed E-state index contributed by atoms with van der Waals surface area (Å²) in [4.78, 5) is 0. The number of nitrogens with one attached hydrogen (secondary N) is 1. The number of hydrogen-bond donors (Lipinski definition) is 1. The zero-order valence-corrected chi connectivity index (χ0v) is 13.3. The van der Waals surface area contributed by atoms with E-state index in [0.717, 1.165) is 18.5 Å². The summed E-state index contributed by atoms with van der Waals surface area (Å²) in [6.45, 7) is 5.40. The Morgan fingerprint density at radius 2 is 2.21 bits per heavy atom. The minimum Gasteiger partial charge on any atom is -0.310 e. The van der Waals surface area contributed by atoms with Gasteiger partial charge in [0, 0.05) is 11.6 Å². The molecular weight excluding hydrogens is 305 g/mol. The Bertz CT molecular complexity index is 421. The van der Waals surface area contributed by atoms with Crippen LogP contribution in [0.2, 0.25) is 0 Å². The van der Waals surface area contributed by atoms with E-state index >= 15 is 0 Å². The third kappa shape index (κ3) is 3.38. The monoisotopic (exact) mass is 327 g/mol. The molecule has 1 aliphatic rings. The fraction of sp³-hybridized carbons (Fsp3) is 0.625. The fourth-order valence-corrected chi connectivity index (χ4v) is 3.60.